The van der Waals surface area contributed by atoms with Crippen molar-refractivity contribution in [2.45, 2.75) is 44.2 Å². The van der Waals surface area contributed by atoms with E-state index in [9.17, 15) is 4.39 Å². The minimum Gasteiger partial charge on any atom is -0.378 e. The molecule has 1 heterocycles. The van der Waals surface area contributed by atoms with Crippen LogP contribution in [0.1, 0.15) is 43.7 Å². The molecule has 0 aromatic heterocycles. The maximum atomic E-state index is 13.8. The van der Waals surface area contributed by atoms with E-state index in [0.29, 0.717) is 11.5 Å². The molecule has 2 aromatic carbocycles. The van der Waals surface area contributed by atoms with E-state index in [2.05, 4.69) is 0 Å². The van der Waals surface area contributed by atoms with E-state index in [1.807, 2.05) is 30.3 Å². The molecule has 1 aliphatic heterocycles. The van der Waals surface area contributed by atoms with Gasteiger partial charge in [-0.05, 0) is 49.1 Å². The molecule has 0 saturated carbocycles. The summed E-state index contributed by atoms with van der Waals surface area (Å²) in [6.07, 6.45) is 5.76. The van der Waals surface area contributed by atoms with Crippen molar-refractivity contribution < 1.29 is 9.13 Å². The van der Waals surface area contributed by atoms with Gasteiger partial charge in [0.25, 0.3) is 0 Å². The van der Waals surface area contributed by atoms with Crippen LogP contribution in [0.25, 0.3) is 10.8 Å². The molecule has 3 heteroatoms. The zero-order valence-corrected chi connectivity index (χ0v) is 12.2. The number of ether oxygens (including phenoxy) is 1. The number of fused-ring (bicyclic) bond motifs is 1. The molecule has 2 N–H and O–H groups in total. The molecule has 112 valence electrons. The molecule has 1 fully saturated rings. The summed E-state index contributed by atoms with van der Waals surface area (Å²) in [6, 6.07) is 10.8. The molecule has 0 aliphatic carbocycles. The number of hydrogen-bond donors (Lipinski definition) is 1. The smallest absolute Gasteiger partial charge is 0.131 e. The van der Waals surface area contributed by atoms with E-state index < -0.39 is 0 Å². The van der Waals surface area contributed by atoms with Crippen LogP contribution in [0.15, 0.2) is 36.4 Å². The lowest BCUT2D eigenvalue weighted by atomic mass is 9.94. The van der Waals surface area contributed by atoms with E-state index in [-0.39, 0.29) is 11.9 Å². The molecular formula is C18H22FNO. The molecule has 2 aromatic rings. The minimum atomic E-state index is -0.183. The average molecular weight is 287 g/mol. The quantitative estimate of drug-likeness (QED) is 0.908. The molecule has 0 radical (unpaired) electrons. The predicted octanol–water partition coefficient (Wildman–Crippen LogP) is 4.33. The van der Waals surface area contributed by atoms with Crippen LogP contribution < -0.4 is 5.73 Å². The topological polar surface area (TPSA) is 35.2 Å². The van der Waals surface area contributed by atoms with Gasteiger partial charge in [-0.2, -0.15) is 0 Å². The van der Waals surface area contributed by atoms with Gasteiger partial charge in [0.2, 0.25) is 0 Å². The lowest BCUT2D eigenvalue weighted by molar-refractivity contribution is 0.00914. The van der Waals surface area contributed by atoms with Crippen molar-refractivity contribution in [1.82, 2.24) is 0 Å². The summed E-state index contributed by atoms with van der Waals surface area (Å²) in [6.45, 7) is 0.874. The maximum absolute atomic E-state index is 13.8. The Bertz CT molecular complexity index is 607. The Hall–Kier alpha value is -1.45. The first-order chi connectivity index (χ1) is 10.3. The zero-order chi connectivity index (χ0) is 14.7. The van der Waals surface area contributed by atoms with E-state index in [1.165, 1.54) is 18.9 Å². The van der Waals surface area contributed by atoms with Gasteiger partial charge < -0.3 is 10.5 Å². The number of benzene rings is 2. The van der Waals surface area contributed by atoms with Gasteiger partial charge in [-0.3, -0.25) is 0 Å². The second-order valence-corrected chi connectivity index (χ2v) is 5.85. The van der Waals surface area contributed by atoms with Crippen molar-refractivity contribution in [2.75, 3.05) is 6.61 Å². The zero-order valence-electron chi connectivity index (χ0n) is 12.2. The van der Waals surface area contributed by atoms with Crippen LogP contribution in [-0.2, 0) is 4.74 Å². The Kier molecular flexibility index (Phi) is 4.51. The van der Waals surface area contributed by atoms with Gasteiger partial charge in [-0.15, -0.1) is 0 Å². The number of rotatable bonds is 4. The lowest BCUT2D eigenvalue weighted by Crippen LogP contribution is -2.21. The van der Waals surface area contributed by atoms with Gasteiger partial charge in [-0.25, -0.2) is 4.39 Å². The van der Waals surface area contributed by atoms with Crippen LogP contribution in [0.4, 0.5) is 4.39 Å². The Labute approximate surface area is 125 Å². The van der Waals surface area contributed by atoms with Crippen molar-refractivity contribution in [3.63, 3.8) is 0 Å². The fourth-order valence-corrected chi connectivity index (χ4v) is 3.16. The highest BCUT2D eigenvalue weighted by Gasteiger charge is 2.17. The van der Waals surface area contributed by atoms with Crippen molar-refractivity contribution in [2.24, 2.45) is 5.73 Å². The van der Waals surface area contributed by atoms with Crippen LogP contribution in [0, 0.1) is 5.82 Å². The highest BCUT2D eigenvalue weighted by atomic mass is 19.1. The van der Waals surface area contributed by atoms with E-state index in [1.54, 1.807) is 0 Å². The van der Waals surface area contributed by atoms with Gasteiger partial charge >= 0.3 is 0 Å². The van der Waals surface area contributed by atoms with Gasteiger partial charge in [0.05, 0.1) is 6.10 Å². The third-order valence-electron chi connectivity index (χ3n) is 4.38. The summed E-state index contributed by atoms with van der Waals surface area (Å²) in [5.41, 5.74) is 7.38. The molecule has 2 unspecified atom stereocenters. The summed E-state index contributed by atoms with van der Waals surface area (Å²) >= 11 is 0. The Balaban J connectivity index is 1.75. The van der Waals surface area contributed by atoms with Crippen LogP contribution in [0.3, 0.4) is 0 Å². The van der Waals surface area contributed by atoms with E-state index in [4.69, 9.17) is 10.5 Å². The Morgan fingerprint density at radius 2 is 1.95 bits per heavy atom. The second-order valence-electron chi connectivity index (χ2n) is 5.85. The molecule has 2 atom stereocenters. The highest BCUT2D eigenvalue weighted by molar-refractivity contribution is 5.86. The Morgan fingerprint density at radius 1 is 1.14 bits per heavy atom. The average Bonchev–Trinajstić information content (AvgIpc) is 2.54. The fourth-order valence-electron chi connectivity index (χ4n) is 3.16. The summed E-state index contributed by atoms with van der Waals surface area (Å²) in [5.74, 6) is -0.183. The van der Waals surface area contributed by atoms with Gasteiger partial charge in [-0.1, -0.05) is 30.3 Å². The van der Waals surface area contributed by atoms with Crippen molar-refractivity contribution in [3.05, 3.63) is 47.8 Å². The number of nitrogens with two attached hydrogens (primary N) is 1. The van der Waals surface area contributed by atoms with E-state index >= 15 is 0 Å². The monoisotopic (exact) mass is 287 g/mol. The standard InChI is InChI=1S/C18H22FNO/c19-17-10-9-16(14-6-1-2-7-15(14)17)18(20)11-8-13-5-3-4-12-21-13/h1-2,6-7,9-10,13,18H,3-5,8,11-12,20H2. The van der Waals surface area contributed by atoms with Crippen LogP contribution in [0.2, 0.25) is 0 Å². The fraction of sp³-hybridized carbons (Fsp3) is 0.444. The lowest BCUT2D eigenvalue weighted by Gasteiger charge is -2.24. The number of halogens is 1. The number of hydrogen-bond acceptors (Lipinski definition) is 2. The van der Waals surface area contributed by atoms with Gasteiger partial charge in [0.1, 0.15) is 5.82 Å². The first-order valence-electron chi connectivity index (χ1n) is 7.80. The van der Waals surface area contributed by atoms with Crippen molar-refractivity contribution in [1.29, 1.82) is 0 Å². The SMILES string of the molecule is NC(CCC1CCCCO1)c1ccc(F)c2ccccc12. The molecule has 21 heavy (non-hydrogen) atoms. The summed E-state index contributed by atoms with van der Waals surface area (Å²) in [5, 5.41) is 1.58. The molecule has 0 amide bonds. The minimum absolute atomic E-state index is 0.0685. The summed E-state index contributed by atoms with van der Waals surface area (Å²) in [7, 11) is 0. The molecule has 3 rings (SSSR count). The highest BCUT2D eigenvalue weighted by Crippen LogP contribution is 2.29. The molecule has 2 nitrogen and oxygen atoms in total. The molecular weight excluding hydrogens is 265 g/mol. The van der Waals surface area contributed by atoms with Crippen LogP contribution in [-0.4, -0.2) is 12.7 Å². The van der Waals surface area contributed by atoms with E-state index in [0.717, 1.165) is 36.8 Å². The van der Waals surface area contributed by atoms with Gasteiger partial charge in [0.15, 0.2) is 0 Å². The summed E-state index contributed by atoms with van der Waals surface area (Å²) in [4.78, 5) is 0. The largest absolute Gasteiger partial charge is 0.378 e. The third-order valence-corrected chi connectivity index (χ3v) is 4.38. The van der Waals surface area contributed by atoms with Crippen LogP contribution in [0.5, 0.6) is 0 Å². The first-order valence-corrected chi connectivity index (χ1v) is 7.80. The van der Waals surface area contributed by atoms with Gasteiger partial charge in [0, 0.05) is 18.0 Å². The second kappa shape index (κ2) is 6.54. The van der Waals surface area contributed by atoms with Crippen molar-refractivity contribution in [3.8, 4) is 0 Å². The maximum Gasteiger partial charge on any atom is 0.131 e. The predicted molar refractivity (Wildman–Crippen MR) is 83.7 cm³/mol. The molecule has 0 bridgehead atoms. The summed E-state index contributed by atoms with van der Waals surface area (Å²) < 4.78 is 19.6. The first kappa shape index (κ1) is 14.5. The van der Waals surface area contributed by atoms with Crippen molar-refractivity contribution >= 4 is 10.8 Å². The molecule has 1 aliphatic rings. The normalized spacial score (nSPS) is 20.6. The Morgan fingerprint density at radius 3 is 2.71 bits per heavy atom. The third kappa shape index (κ3) is 3.25. The molecule has 0 spiro atoms. The van der Waals surface area contributed by atoms with Crippen LogP contribution >= 0.6 is 0 Å². The molecule has 1 saturated heterocycles.